The van der Waals surface area contributed by atoms with Crippen LogP contribution in [0.4, 0.5) is 10.1 Å². The van der Waals surface area contributed by atoms with Crippen molar-refractivity contribution in [2.45, 2.75) is 17.9 Å². The number of nitrogens with one attached hydrogen (secondary N) is 2. The normalized spacial score (nSPS) is 16.9. The molecule has 1 aliphatic rings. The predicted molar refractivity (Wildman–Crippen MR) is 107 cm³/mol. The maximum Gasteiger partial charge on any atom is 0.282 e. The molecule has 1 aliphatic heterocycles. The van der Waals surface area contributed by atoms with E-state index in [1.54, 1.807) is 31.4 Å². The van der Waals surface area contributed by atoms with Crippen molar-refractivity contribution in [2.75, 3.05) is 38.6 Å². The van der Waals surface area contributed by atoms with E-state index in [4.69, 9.17) is 4.74 Å². The molecule has 1 saturated heterocycles. The van der Waals surface area contributed by atoms with Crippen LogP contribution in [0.2, 0.25) is 0 Å². The Labute approximate surface area is 170 Å². The van der Waals surface area contributed by atoms with Crippen molar-refractivity contribution in [3.8, 4) is 5.75 Å². The molecule has 1 fully saturated rings. The van der Waals surface area contributed by atoms with Crippen molar-refractivity contribution < 1.29 is 27.2 Å². The largest absolute Gasteiger partial charge is 0.497 e. The Morgan fingerprint density at radius 2 is 1.76 bits per heavy atom. The second-order valence-corrected chi connectivity index (χ2v) is 8.84. The van der Waals surface area contributed by atoms with E-state index in [2.05, 4.69) is 5.32 Å². The van der Waals surface area contributed by atoms with Crippen LogP contribution in [0.25, 0.3) is 0 Å². The summed E-state index contributed by atoms with van der Waals surface area (Å²) in [6.45, 7) is 3.20. The van der Waals surface area contributed by atoms with Crippen LogP contribution in [-0.4, -0.2) is 58.0 Å². The maximum atomic E-state index is 13.9. The molecule has 29 heavy (non-hydrogen) atoms. The summed E-state index contributed by atoms with van der Waals surface area (Å²) < 4.78 is 45.7. The molecule has 0 aliphatic carbocycles. The standard InChI is InChI=1S/C20H24FN3O4S/c1-15(20(25)22-16-7-9-17(28-2)10-8-16)23-11-13-24(14-12-23)29(26,27)19-6-4-3-5-18(19)21/h3-10,15H,11-14H2,1-2H3,(H,22,25)/p+1/t15-/m1/s1. The number of hydrogen-bond acceptors (Lipinski definition) is 4. The molecule has 1 atom stereocenters. The number of anilines is 1. The molecule has 0 aromatic heterocycles. The van der Waals surface area contributed by atoms with Gasteiger partial charge in [-0.1, -0.05) is 12.1 Å². The van der Waals surface area contributed by atoms with Crippen molar-refractivity contribution in [2.24, 2.45) is 0 Å². The quantitative estimate of drug-likeness (QED) is 0.720. The number of nitrogens with zero attached hydrogens (tertiary/aromatic N) is 1. The Morgan fingerprint density at radius 1 is 1.14 bits per heavy atom. The second-order valence-electron chi connectivity index (χ2n) is 6.93. The van der Waals surface area contributed by atoms with Gasteiger partial charge in [0.2, 0.25) is 10.0 Å². The summed E-state index contributed by atoms with van der Waals surface area (Å²) in [5.41, 5.74) is 0.669. The molecule has 1 heterocycles. The van der Waals surface area contributed by atoms with E-state index >= 15 is 0 Å². The van der Waals surface area contributed by atoms with Gasteiger partial charge in [0.05, 0.1) is 33.3 Å². The van der Waals surface area contributed by atoms with Crippen molar-refractivity contribution in [1.29, 1.82) is 0 Å². The molecular formula is C20H25FN3O4S+. The van der Waals surface area contributed by atoms with Gasteiger partial charge in [-0.15, -0.1) is 0 Å². The molecule has 1 amide bonds. The zero-order chi connectivity index (χ0) is 21.0. The molecule has 2 aromatic rings. The zero-order valence-corrected chi connectivity index (χ0v) is 17.2. The molecule has 156 valence electrons. The number of carbonyl (C=O) groups is 1. The van der Waals surface area contributed by atoms with Crippen LogP contribution in [0.5, 0.6) is 5.75 Å². The lowest BCUT2D eigenvalue weighted by molar-refractivity contribution is -0.917. The fourth-order valence-electron chi connectivity index (χ4n) is 3.35. The van der Waals surface area contributed by atoms with Gasteiger partial charge >= 0.3 is 0 Å². The summed E-state index contributed by atoms with van der Waals surface area (Å²) in [4.78, 5) is 13.2. The van der Waals surface area contributed by atoms with Crippen molar-refractivity contribution in [3.05, 3.63) is 54.3 Å². The van der Waals surface area contributed by atoms with E-state index in [1.807, 2.05) is 6.92 Å². The first-order chi connectivity index (χ1) is 13.8. The number of hydrogen-bond donors (Lipinski definition) is 2. The lowest BCUT2D eigenvalue weighted by Gasteiger charge is -2.34. The van der Waals surface area contributed by atoms with E-state index in [0.29, 0.717) is 24.5 Å². The van der Waals surface area contributed by atoms with Gasteiger partial charge in [-0.3, -0.25) is 4.79 Å². The highest BCUT2D eigenvalue weighted by Gasteiger charge is 2.35. The van der Waals surface area contributed by atoms with Crippen LogP contribution >= 0.6 is 0 Å². The number of rotatable bonds is 6. The van der Waals surface area contributed by atoms with Gasteiger partial charge in [-0.05, 0) is 43.3 Å². The number of methoxy groups -OCH3 is 1. The minimum Gasteiger partial charge on any atom is -0.497 e. The van der Waals surface area contributed by atoms with Crippen LogP contribution in [0.1, 0.15) is 6.92 Å². The number of piperazine rings is 1. The number of halogens is 1. The topological polar surface area (TPSA) is 80.2 Å². The summed E-state index contributed by atoms with van der Waals surface area (Å²) >= 11 is 0. The van der Waals surface area contributed by atoms with E-state index in [9.17, 15) is 17.6 Å². The molecule has 3 rings (SSSR count). The molecule has 9 heteroatoms. The van der Waals surface area contributed by atoms with Gasteiger partial charge < -0.3 is 15.0 Å². The first-order valence-corrected chi connectivity index (χ1v) is 10.8. The number of benzene rings is 2. The second kappa shape index (κ2) is 8.89. The lowest BCUT2D eigenvalue weighted by atomic mass is 10.2. The van der Waals surface area contributed by atoms with Crippen molar-refractivity contribution in [3.63, 3.8) is 0 Å². The number of amides is 1. The van der Waals surface area contributed by atoms with Gasteiger partial charge in [0.15, 0.2) is 6.04 Å². The Morgan fingerprint density at radius 3 is 2.34 bits per heavy atom. The van der Waals surface area contributed by atoms with E-state index < -0.39 is 15.8 Å². The molecule has 7 nitrogen and oxygen atoms in total. The SMILES string of the molecule is COc1ccc(NC(=O)[C@@H](C)[NH+]2CCN(S(=O)(=O)c3ccccc3F)CC2)cc1. The fraction of sp³-hybridized carbons (Fsp3) is 0.350. The van der Waals surface area contributed by atoms with Gasteiger partial charge in [-0.25, -0.2) is 12.8 Å². The first-order valence-electron chi connectivity index (χ1n) is 9.37. The third-order valence-corrected chi connectivity index (χ3v) is 7.11. The van der Waals surface area contributed by atoms with Gasteiger partial charge in [-0.2, -0.15) is 4.31 Å². The molecule has 0 spiro atoms. The zero-order valence-electron chi connectivity index (χ0n) is 16.4. The van der Waals surface area contributed by atoms with Crippen LogP contribution in [0, 0.1) is 5.82 Å². The average Bonchev–Trinajstić information content (AvgIpc) is 2.74. The Bertz CT molecular complexity index is 958. The number of carbonyl (C=O) groups excluding carboxylic acids is 1. The molecule has 0 radical (unpaired) electrons. The monoisotopic (exact) mass is 422 g/mol. The predicted octanol–water partition coefficient (Wildman–Crippen LogP) is 0.751. The van der Waals surface area contributed by atoms with Gasteiger partial charge in [0, 0.05) is 5.69 Å². The third-order valence-electron chi connectivity index (χ3n) is 5.18. The van der Waals surface area contributed by atoms with Gasteiger partial charge in [0.25, 0.3) is 5.91 Å². The van der Waals surface area contributed by atoms with Crippen molar-refractivity contribution >= 4 is 21.6 Å². The maximum absolute atomic E-state index is 13.9. The minimum atomic E-state index is -3.88. The Hall–Kier alpha value is -2.49. The average molecular weight is 423 g/mol. The first kappa shape index (κ1) is 21.2. The molecule has 2 N–H and O–H groups in total. The Kier molecular flexibility index (Phi) is 6.51. The molecule has 0 saturated carbocycles. The molecule has 2 aromatic carbocycles. The number of quaternary nitrogens is 1. The van der Waals surface area contributed by atoms with Crippen LogP contribution < -0.4 is 15.0 Å². The van der Waals surface area contributed by atoms with E-state index in [-0.39, 0.29) is 29.9 Å². The highest BCUT2D eigenvalue weighted by molar-refractivity contribution is 7.89. The van der Waals surface area contributed by atoms with Crippen LogP contribution in [0.15, 0.2) is 53.4 Å². The summed E-state index contributed by atoms with van der Waals surface area (Å²) in [5.74, 6) is -0.195. The number of ether oxygens (including phenoxy) is 1. The van der Waals surface area contributed by atoms with Crippen molar-refractivity contribution in [1.82, 2.24) is 4.31 Å². The third kappa shape index (κ3) is 4.75. The Balaban J connectivity index is 1.59. The lowest BCUT2D eigenvalue weighted by Crippen LogP contribution is -3.19. The molecule has 0 unspecified atom stereocenters. The van der Waals surface area contributed by atoms with E-state index in [0.717, 1.165) is 11.0 Å². The minimum absolute atomic E-state index is 0.143. The smallest absolute Gasteiger partial charge is 0.282 e. The summed E-state index contributed by atoms with van der Waals surface area (Å²) in [5, 5.41) is 2.87. The molecule has 0 bridgehead atoms. The van der Waals surface area contributed by atoms with Crippen LogP contribution in [-0.2, 0) is 14.8 Å². The number of sulfonamides is 1. The van der Waals surface area contributed by atoms with Gasteiger partial charge in [0.1, 0.15) is 16.5 Å². The summed E-state index contributed by atoms with van der Waals surface area (Å²) in [6, 6.07) is 12.1. The fourth-order valence-corrected chi connectivity index (χ4v) is 4.86. The van der Waals surface area contributed by atoms with E-state index in [1.165, 1.54) is 22.5 Å². The highest BCUT2D eigenvalue weighted by Crippen LogP contribution is 2.19. The molecular weight excluding hydrogens is 397 g/mol. The summed E-state index contributed by atoms with van der Waals surface area (Å²) in [6.07, 6.45) is 0. The summed E-state index contributed by atoms with van der Waals surface area (Å²) in [7, 11) is -2.31. The van der Waals surface area contributed by atoms with Crippen LogP contribution in [0.3, 0.4) is 0 Å². The highest BCUT2D eigenvalue weighted by atomic mass is 32.2.